The quantitative estimate of drug-likeness (QED) is 0.428. The minimum atomic E-state index is -3.97. The average molecular weight is 482 g/mol. The van der Waals surface area contributed by atoms with Crippen LogP contribution in [0.1, 0.15) is 12.5 Å². The number of benzene rings is 3. The molecule has 0 unspecified atom stereocenters. The van der Waals surface area contributed by atoms with Gasteiger partial charge in [0.2, 0.25) is 5.91 Å². The van der Waals surface area contributed by atoms with Crippen molar-refractivity contribution in [2.75, 3.05) is 16.2 Å². The fraction of sp³-hybridized carbons (Fsp3) is 0.167. The van der Waals surface area contributed by atoms with Crippen LogP contribution >= 0.6 is 11.3 Å². The molecule has 1 heterocycles. The second-order valence-corrected chi connectivity index (χ2v) is 10.4. The van der Waals surface area contributed by atoms with Crippen LogP contribution in [0.5, 0.6) is 0 Å². The highest BCUT2D eigenvalue weighted by molar-refractivity contribution is 7.92. The van der Waals surface area contributed by atoms with Crippen LogP contribution in [0, 0.1) is 6.92 Å². The largest absolute Gasteiger partial charge is 0.324 e. The van der Waals surface area contributed by atoms with Crippen molar-refractivity contribution in [3.63, 3.8) is 0 Å². The van der Waals surface area contributed by atoms with Crippen molar-refractivity contribution < 1.29 is 13.2 Å². The van der Waals surface area contributed by atoms with E-state index in [2.05, 4.69) is 5.32 Å². The maximum absolute atomic E-state index is 13.4. The summed E-state index contributed by atoms with van der Waals surface area (Å²) in [4.78, 5) is 25.1. The van der Waals surface area contributed by atoms with Gasteiger partial charge in [-0.05, 0) is 61.9 Å². The van der Waals surface area contributed by atoms with E-state index in [1.807, 2.05) is 19.9 Å². The molecule has 0 saturated heterocycles. The Kier molecular flexibility index (Phi) is 6.35. The van der Waals surface area contributed by atoms with Crippen LogP contribution < -0.4 is 14.5 Å². The summed E-state index contributed by atoms with van der Waals surface area (Å²) in [6.45, 7) is 3.93. The molecule has 4 aromatic rings. The number of rotatable bonds is 7. The molecular formula is C24H23N3O4S2. The molecule has 0 aliphatic heterocycles. The van der Waals surface area contributed by atoms with E-state index in [1.165, 1.54) is 12.1 Å². The first kappa shape index (κ1) is 22.8. The van der Waals surface area contributed by atoms with Gasteiger partial charge >= 0.3 is 4.87 Å². The Morgan fingerprint density at radius 2 is 1.79 bits per heavy atom. The van der Waals surface area contributed by atoms with E-state index in [9.17, 15) is 18.0 Å². The Labute approximate surface area is 196 Å². The SMILES string of the molecule is CCn1c(=O)sc2cc(NC(=O)CN(c3cccc(C)c3)S(=O)(=O)c3ccccc3)ccc21. The number of thiazole rings is 1. The summed E-state index contributed by atoms with van der Waals surface area (Å²) in [6.07, 6.45) is 0. The minimum Gasteiger partial charge on any atom is -0.324 e. The second-order valence-electron chi connectivity index (χ2n) is 7.51. The highest BCUT2D eigenvalue weighted by Crippen LogP contribution is 2.25. The van der Waals surface area contributed by atoms with Crippen LogP contribution in [-0.2, 0) is 21.4 Å². The molecule has 1 amide bonds. The average Bonchev–Trinajstić information content (AvgIpc) is 3.12. The number of aryl methyl sites for hydroxylation is 2. The lowest BCUT2D eigenvalue weighted by Crippen LogP contribution is -2.38. The lowest BCUT2D eigenvalue weighted by atomic mass is 10.2. The lowest BCUT2D eigenvalue weighted by molar-refractivity contribution is -0.114. The highest BCUT2D eigenvalue weighted by Gasteiger charge is 2.27. The first-order valence-electron chi connectivity index (χ1n) is 10.4. The fourth-order valence-corrected chi connectivity index (χ4v) is 6.02. The summed E-state index contributed by atoms with van der Waals surface area (Å²) in [5.74, 6) is -0.488. The third-order valence-corrected chi connectivity index (χ3v) is 7.91. The van der Waals surface area contributed by atoms with Crippen molar-refractivity contribution in [3.05, 3.63) is 88.0 Å². The first-order chi connectivity index (χ1) is 15.8. The number of carbonyl (C=O) groups is 1. The van der Waals surface area contributed by atoms with Gasteiger partial charge in [0.15, 0.2) is 0 Å². The van der Waals surface area contributed by atoms with E-state index in [-0.39, 0.29) is 9.77 Å². The smallest absolute Gasteiger partial charge is 0.308 e. The number of aromatic nitrogens is 1. The van der Waals surface area contributed by atoms with Gasteiger partial charge in [-0.3, -0.25) is 18.5 Å². The number of anilines is 2. The fourth-order valence-electron chi connectivity index (χ4n) is 3.59. The van der Waals surface area contributed by atoms with Crippen LogP contribution in [0.15, 0.2) is 82.5 Å². The zero-order valence-corrected chi connectivity index (χ0v) is 19.8. The lowest BCUT2D eigenvalue weighted by Gasteiger charge is -2.24. The molecule has 0 saturated carbocycles. The number of sulfonamides is 1. The van der Waals surface area contributed by atoms with Crippen LogP contribution in [0.2, 0.25) is 0 Å². The van der Waals surface area contributed by atoms with Crippen LogP contribution in [0.4, 0.5) is 11.4 Å². The Morgan fingerprint density at radius 1 is 1.03 bits per heavy atom. The number of nitrogens with one attached hydrogen (secondary N) is 1. The molecular weight excluding hydrogens is 458 g/mol. The summed E-state index contributed by atoms with van der Waals surface area (Å²) < 4.78 is 30.3. The molecule has 3 aromatic carbocycles. The summed E-state index contributed by atoms with van der Waals surface area (Å²) in [6, 6.07) is 20.3. The van der Waals surface area contributed by atoms with Crippen molar-refractivity contribution >= 4 is 48.9 Å². The monoisotopic (exact) mass is 481 g/mol. The molecule has 1 N–H and O–H groups in total. The predicted molar refractivity (Wildman–Crippen MR) is 133 cm³/mol. The molecule has 0 fully saturated rings. The van der Waals surface area contributed by atoms with Crippen LogP contribution in [0.25, 0.3) is 10.2 Å². The number of hydrogen-bond acceptors (Lipinski definition) is 5. The number of amides is 1. The molecule has 0 spiro atoms. The number of nitrogens with zero attached hydrogens (tertiary/aromatic N) is 2. The van der Waals surface area contributed by atoms with Crippen molar-refractivity contribution in [2.45, 2.75) is 25.3 Å². The summed E-state index contributed by atoms with van der Waals surface area (Å²) in [5, 5.41) is 2.77. The van der Waals surface area contributed by atoms with Gasteiger partial charge in [-0.1, -0.05) is 41.7 Å². The Morgan fingerprint density at radius 3 is 2.48 bits per heavy atom. The van der Waals surface area contributed by atoms with E-state index >= 15 is 0 Å². The number of fused-ring (bicyclic) bond motifs is 1. The molecule has 4 rings (SSSR count). The summed E-state index contributed by atoms with van der Waals surface area (Å²) in [5.41, 5.74) is 2.58. The molecule has 0 atom stereocenters. The molecule has 7 nitrogen and oxygen atoms in total. The molecule has 0 radical (unpaired) electrons. The van der Waals surface area contributed by atoms with Gasteiger partial charge in [0.1, 0.15) is 6.54 Å². The van der Waals surface area contributed by atoms with Gasteiger partial charge < -0.3 is 5.32 Å². The van der Waals surface area contributed by atoms with Crippen molar-refractivity contribution in [1.82, 2.24) is 4.57 Å². The third kappa shape index (κ3) is 4.69. The van der Waals surface area contributed by atoms with Gasteiger partial charge in [0.05, 0.1) is 20.8 Å². The van der Waals surface area contributed by atoms with E-state index in [4.69, 9.17) is 0 Å². The standard InChI is InChI=1S/C24H23N3O4S2/c1-3-26-21-13-12-18(15-22(21)32-24(26)29)25-23(28)16-27(19-9-7-8-17(2)14-19)33(30,31)20-10-5-4-6-11-20/h4-15H,3,16H2,1-2H3,(H,25,28). The van der Waals surface area contributed by atoms with Crippen LogP contribution in [-0.4, -0.2) is 25.4 Å². The van der Waals surface area contributed by atoms with Gasteiger partial charge in [-0.2, -0.15) is 0 Å². The molecule has 33 heavy (non-hydrogen) atoms. The molecule has 0 aliphatic carbocycles. The zero-order chi connectivity index (χ0) is 23.6. The van der Waals surface area contributed by atoms with Gasteiger partial charge in [-0.25, -0.2) is 8.42 Å². The van der Waals surface area contributed by atoms with E-state index in [0.717, 1.165) is 31.4 Å². The second kappa shape index (κ2) is 9.21. The number of carbonyl (C=O) groups excluding carboxylic acids is 1. The molecule has 170 valence electrons. The first-order valence-corrected chi connectivity index (χ1v) is 12.6. The normalized spacial score (nSPS) is 11.5. The summed E-state index contributed by atoms with van der Waals surface area (Å²) in [7, 11) is -3.97. The van der Waals surface area contributed by atoms with Gasteiger partial charge in [-0.15, -0.1) is 0 Å². The Balaban J connectivity index is 1.64. The van der Waals surface area contributed by atoms with Crippen LogP contribution in [0.3, 0.4) is 0 Å². The van der Waals surface area contributed by atoms with Gasteiger partial charge in [0, 0.05) is 12.2 Å². The van der Waals surface area contributed by atoms with E-state index < -0.39 is 22.5 Å². The van der Waals surface area contributed by atoms with Crippen molar-refractivity contribution in [2.24, 2.45) is 0 Å². The molecule has 9 heteroatoms. The zero-order valence-electron chi connectivity index (χ0n) is 18.2. The maximum Gasteiger partial charge on any atom is 0.308 e. The topological polar surface area (TPSA) is 88.5 Å². The van der Waals surface area contributed by atoms with Crippen molar-refractivity contribution in [1.29, 1.82) is 0 Å². The highest BCUT2D eigenvalue weighted by atomic mass is 32.2. The van der Waals surface area contributed by atoms with E-state index in [1.54, 1.807) is 59.2 Å². The summed E-state index contributed by atoms with van der Waals surface area (Å²) >= 11 is 1.11. The molecule has 0 bridgehead atoms. The van der Waals surface area contributed by atoms with Gasteiger partial charge in [0.25, 0.3) is 10.0 Å². The number of hydrogen-bond donors (Lipinski definition) is 1. The Bertz CT molecular complexity index is 1470. The maximum atomic E-state index is 13.4. The van der Waals surface area contributed by atoms with Crippen molar-refractivity contribution in [3.8, 4) is 0 Å². The predicted octanol–water partition coefficient (Wildman–Crippen LogP) is 4.23. The van der Waals surface area contributed by atoms with E-state index in [0.29, 0.717) is 17.9 Å². The minimum absolute atomic E-state index is 0.0597. The third-order valence-electron chi connectivity index (χ3n) is 5.18. The molecule has 1 aromatic heterocycles. The Hall–Kier alpha value is -3.43. The molecule has 0 aliphatic rings.